The lowest BCUT2D eigenvalue weighted by molar-refractivity contribution is 0.0749. The molecule has 0 saturated carbocycles. The number of hydrogen-bond acceptors (Lipinski definition) is 3. The van der Waals surface area contributed by atoms with Gasteiger partial charge in [0.2, 0.25) is 0 Å². The maximum atomic E-state index is 12.7. The molecular formula is C18H25N3O2. The van der Waals surface area contributed by atoms with Crippen molar-refractivity contribution in [1.29, 1.82) is 0 Å². The van der Waals surface area contributed by atoms with E-state index in [4.69, 9.17) is 4.74 Å². The lowest BCUT2D eigenvalue weighted by Crippen LogP contribution is -2.32. The molecule has 0 aliphatic carbocycles. The Hall–Kier alpha value is -2.30. The van der Waals surface area contributed by atoms with Gasteiger partial charge in [0.25, 0.3) is 5.91 Å². The van der Waals surface area contributed by atoms with Gasteiger partial charge in [-0.2, -0.15) is 5.10 Å². The molecule has 2 rings (SSSR count). The smallest absolute Gasteiger partial charge is 0.274 e. The Labute approximate surface area is 137 Å². The fourth-order valence-electron chi connectivity index (χ4n) is 2.64. The van der Waals surface area contributed by atoms with Gasteiger partial charge in [0.1, 0.15) is 5.75 Å². The number of aryl methyl sites for hydroxylation is 1. The Morgan fingerprint density at radius 2 is 1.91 bits per heavy atom. The van der Waals surface area contributed by atoms with E-state index >= 15 is 0 Å². The van der Waals surface area contributed by atoms with E-state index in [0.29, 0.717) is 5.69 Å². The van der Waals surface area contributed by atoms with Gasteiger partial charge in [0.15, 0.2) is 5.69 Å². The van der Waals surface area contributed by atoms with Gasteiger partial charge in [0, 0.05) is 25.7 Å². The molecule has 0 unspecified atom stereocenters. The fraction of sp³-hybridized carbons (Fsp3) is 0.444. The van der Waals surface area contributed by atoms with Crippen LogP contribution in [0.5, 0.6) is 5.75 Å². The van der Waals surface area contributed by atoms with Crippen LogP contribution in [-0.2, 0) is 7.05 Å². The van der Waals surface area contributed by atoms with Gasteiger partial charge < -0.3 is 9.64 Å². The largest absolute Gasteiger partial charge is 0.497 e. The molecule has 1 heterocycles. The van der Waals surface area contributed by atoms with E-state index in [0.717, 1.165) is 42.9 Å². The third-order valence-electron chi connectivity index (χ3n) is 3.74. The number of amides is 1. The Balaban J connectivity index is 2.31. The Bertz CT molecular complexity index is 658. The number of aromatic nitrogens is 2. The maximum absolute atomic E-state index is 12.7. The van der Waals surface area contributed by atoms with Crippen LogP contribution in [0.1, 0.15) is 37.2 Å². The molecule has 0 spiro atoms. The zero-order valence-corrected chi connectivity index (χ0v) is 14.4. The zero-order valence-electron chi connectivity index (χ0n) is 14.4. The standard InChI is InChI=1S/C18H25N3O2/c1-5-10-21(11-6-2)18(22)16-13-17(20(3)19-16)14-8-7-9-15(12-14)23-4/h7-9,12-13H,5-6,10-11H2,1-4H3. The molecule has 0 saturated heterocycles. The molecule has 1 amide bonds. The molecule has 0 aliphatic rings. The highest BCUT2D eigenvalue weighted by Gasteiger charge is 2.19. The molecule has 0 N–H and O–H groups in total. The van der Waals surface area contributed by atoms with Crippen LogP contribution < -0.4 is 4.74 Å². The van der Waals surface area contributed by atoms with Gasteiger partial charge in [-0.05, 0) is 31.0 Å². The van der Waals surface area contributed by atoms with Crippen molar-refractivity contribution in [3.8, 4) is 17.0 Å². The summed E-state index contributed by atoms with van der Waals surface area (Å²) in [4.78, 5) is 14.5. The Morgan fingerprint density at radius 3 is 2.52 bits per heavy atom. The topological polar surface area (TPSA) is 47.4 Å². The average molecular weight is 315 g/mol. The molecule has 0 aliphatic heterocycles. The highest BCUT2D eigenvalue weighted by Crippen LogP contribution is 2.24. The third-order valence-corrected chi connectivity index (χ3v) is 3.74. The number of nitrogens with zero attached hydrogens (tertiary/aromatic N) is 3. The van der Waals surface area contributed by atoms with Crippen molar-refractivity contribution in [3.05, 3.63) is 36.0 Å². The predicted octanol–water partition coefficient (Wildman–Crippen LogP) is 3.36. The van der Waals surface area contributed by atoms with Crippen molar-refractivity contribution < 1.29 is 9.53 Å². The minimum atomic E-state index is -0.00144. The lowest BCUT2D eigenvalue weighted by atomic mass is 10.1. The molecule has 124 valence electrons. The van der Waals surface area contributed by atoms with E-state index in [9.17, 15) is 4.79 Å². The van der Waals surface area contributed by atoms with Crippen LogP contribution in [0.2, 0.25) is 0 Å². The quantitative estimate of drug-likeness (QED) is 0.787. The molecule has 0 radical (unpaired) electrons. The normalized spacial score (nSPS) is 10.6. The van der Waals surface area contributed by atoms with Crippen molar-refractivity contribution >= 4 is 5.91 Å². The van der Waals surface area contributed by atoms with Gasteiger partial charge in [-0.15, -0.1) is 0 Å². The molecular weight excluding hydrogens is 290 g/mol. The van der Waals surface area contributed by atoms with E-state index in [2.05, 4.69) is 18.9 Å². The lowest BCUT2D eigenvalue weighted by Gasteiger charge is -2.20. The van der Waals surface area contributed by atoms with Crippen molar-refractivity contribution in [2.45, 2.75) is 26.7 Å². The molecule has 0 fully saturated rings. The van der Waals surface area contributed by atoms with Gasteiger partial charge in [-0.25, -0.2) is 0 Å². The SMILES string of the molecule is CCCN(CCC)C(=O)c1cc(-c2cccc(OC)c2)n(C)n1. The minimum absolute atomic E-state index is 0.00144. The summed E-state index contributed by atoms with van der Waals surface area (Å²) in [6, 6.07) is 9.62. The second kappa shape index (κ2) is 7.81. The first-order chi connectivity index (χ1) is 11.1. The maximum Gasteiger partial charge on any atom is 0.274 e. The molecule has 5 heteroatoms. The van der Waals surface area contributed by atoms with E-state index < -0.39 is 0 Å². The van der Waals surface area contributed by atoms with E-state index in [1.165, 1.54) is 0 Å². The summed E-state index contributed by atoms with van der Waals surface area (Å²) in [5.74, 6) is 0.786. The van der Waals surface area contributed by atoms with Gasteiger partial charge in [0.05, 0.1) is 12.8 Å². The Kier molecular flexibility index (Phi) is 5.79. The Morgan fingerprint density at radius 1 is 1.22 bits per heavy atom. The molecule has 23 heavy (non-hydrogen) atoms. The van der Waals surface area contributed by atoms with Gasteiger partial charge >= 0.3 is 0 Å². The number of hydrogen-bond donors (Lipinski definition) is 0. The van der Waals surface area contributed by atoms with Crippen LogP contribution in [0.4, 0.5) is 0 Å². The molecule has 0 atom stereocenters. The summed E-state index contributed by atoms with van der Waals surface area (Å²) < 4.78 is 7.02. The number of methoxy groups -OCH3 is 1. The van der Waals surface area contributed by atoms with E-state index in [1.54, 1.807) is 11.8 Å². The summed E-state index contributed by atoms with van der Waals surface area (Å²) in [7, 11) is 3.50. The zero-order chi connectivity index (χ0) is 16.8. The molecule has 2 aromatic rings. The number of carbonyl (C=O) groups excluding carboxylic acids is 1. The highest BCUT2D eigenvalue weighted by molar-refractivity contribution is 5.93. The van der Waals surface area contributed by atoms with Crippen molar-refractivity contribution in [1.82, 2.24) is 14.7 Å². The van der Waals surface area contributed by atoms with Crippen molar-refractivity contribution in [2.75, 3.05) is 20.2 Å². The minimum Gasteiger partial charge on any atom is -0.497 e. The van der Waals surface area contributed by atoms with Crippen LogP contribution in [-0.4, -0.2) is 40.8 Å². The molecule has 1 aromatic heterocycles. The van der Waals surface area contributed by atoms with Crippen LogP contribution in [0.15, 0.2) is 30.3 Å². The molecule has 0 bridgehead atoms. The first-order valence-corrected chi connectivity index (χ1v) is 8.08. The van der Waals surface area contributed by atoms with Crippen molar-refractivity contribution in [3.63, 3.8) is 0 Å². The summed E-state index contributed by atoms with van der Waals surface area (Å²) >= 11 is 0. The first kappa shape index (κ1) is 17.1. The highest BCUT2D eigenvalue weighted by atomic mass is 16.5. The van der Waals surface area contributed by atoms with Crippen LogP contribution >= 0.6 is 0 Å². The number of rotatable bonds is 7. The number of ether oxygens (including phenoxy) is 1. The second-order valence-electron chi connectivity index (χ2n) is 5.56. The van der Waals surface area contributed by atoms with E-state index in [1.807, 2.05) is 42.3 Å². The number of carbonyl (C=O) groups is 1. The second-order valence-corrected chi connectivity index (χ2v) is 5.56. The third kappa shape index (κ3) is 3.92. The first-order valence-electron chi connectivity index (χ1n) is 8.08. The summed E-state index contributed by atoms with van der Waals surface area (Å²) in [6.45, 7) is 5.68. The van der Waals surface area contributed by atoms with Gasteiger partial charge in [-0.3, -0.25) is 9.48 Å². The average Bonchev–Trinajstić information content (AvgIpc) is 2.96. The number of benzene rings is 1. The predicted molar refractivity (Wildman–Crippen MR) is 91.7 cm³/mol. The summed E-state index contributed by atoms with van der Waals surface area (Å²) in [6.07, 6.45) is 1.89. The molecule has 1 aromatic carbocycles. The van der Waals surface area contributed by atoms with Crippen molar-refractivity contribution in [2.24, 2.45) is 7.05 Å². The summed E-state index contributed by atoms with van der Waals surface area (Å²) in [5, 5.41) is 4.41. The van der Waals surface area contributed by atoms with Crippen LogP contribution in [0.3, 0.4) is 0 Å². The monoisotopic (exact) mass is 315 g/mol. The molecule has 5 nitrogen and oxygen atoms in total. The van der Waals surface area contributed by atoms with E-state index in [-0.39, 0.29) is 5.91 Å². The van der Waals surface area contributed by atoms with Crippen LogP contribution in [0.25, 0.3) is 11.3 Å². The van der Waals surface area contributed by atoms with Crippen LogP contribution in [0, 0.1) is 0 Å². The fourth-order valence-corrected chi connectivity index (χ4v) is 2.64. The van der Waals surface area contributed by atoms with Gasteiger partial charge in [-0.1, -0.05) is 26.0 Å². The summed E-state index contributed by atoms with van der Waals surface area (Å²) in [5.41, 5.74) is 2.38.